The molecule has 1 aliphatic heterocycles. The van der Waals surface area contributed by atoms with Crippen molar-refractivity contribution in [2.45, 2.75) is 13.0 Å². The van der Waals surface area contributed by atoms with Crippen molar-refractivity contribution >= 4 is 43.2 Å². The highest BCUT2D eigenvalue weighted by atomic mass is 32.1. The maximum atomic E-state index is 12.7. The average molecular weight is 324 g/mol. The monoisotopic (exact) mass is 324 g/mol. The van der Waals surface area contributed by atoms with Gasteiger partial charge in [0.2, 0.25) is 0 Å². The molecule has 0 bridgehead atoms. The summed E-state index contributed by atoms with van der Waals surface area (Å²) in [5.41, 5.74) is 0. The number of carbonyl (C=O) groups is 1. The fourth-order valence-corrected chi connectivity index (χ4v) is 4.69. The van der Waals surface area contributed by atoms with Crippen molar-refractivity contribution in [1.82, 2.24) is 14.8 Å². The lowest BCUT2D eigenvalue weighted by Crippen LogP contribution is -2.52. The molecule has 0 aromatic carbocycles. The van der Waals surface area contributed by atoms with Gasteiger partial charge in [0.15, 0.2) is 5.13 Å². The van der Waals surface area contributed by atoms with Crippen LogP contribution in [0.2, 0.25) is 0 Å². The van der Waals surface area contributed by atoms with Crippen molar-refractivity contribution in [1.29, 1.82) is 0 Å². The van der Waals surface area contributed by atoms with Crippen molar-refractivity contribution in [2.24, 2.45) is 0 Å². The molecule has 21 heavy (non-hydrogen) atoms. The van der Waals surface area contributed by atoms with Gasteiger partial charge in [-0.3, -0.25) is 4.79 Å². The summed E-state index contributed by atoms with van der Waals surface area (Å²) in [6.07, 6.45) is 0. The number of likely N-dealkylation sites (N-methyl/N-ethyl adjacent to an activating group) is 1. The zero-order chi connectivity index (χ0) is 15.1. The molecule has 1 unspecified atom stereocenters. The number of fused-ring (bicyclic) bond motifs is 1. The van der Waals surface area contributed by atoms with Crippen molar-refractivity contribution in [3.63, 3.8) is 0 Å². The van der Waals surface area contributed by atoms with Gasteiger partial charge in [0.05, 0.1) is 9.58 Å². The number of piperazine rings is 1. The van der Waals surface area contributed by atoms with E-state index in [2.05, 4.69) is 23.9 Å². The molecule has 0 saturated carbocycles. The van der Waals surface area contributed by atoms with Gasteiger partial charge < -0.3 is 14.7 Å². The summed E-state index contributed by atoms with van der Waals surface area (Å²) in [7, 11) is 6.08. The molecule has 1 aliphatic rings. The smallest absolute Gasteiger partial charge is 0.264 e. The predicted octanol–water partition coefficient (Wildman–Crippen LogP) is 2.20. The Kier molecular flexibility index (Phi) is 3.90. The van der Waals surface area contributed by atoms with E-state index in [-0.39, 0.29) is 11.9 Å². The molecule has 3 rings (SSSR count). The molecule has 0 N–H and O–H groups in total. The first-order valence-corrected chi connectivity index (χ1v) is 8.66. The predicted molar refractivity (Wildman–Crippen MR) is 89.8 cm³/mol. The number of thiophene rings is 1. The van der Waals surface area contributed by atoms with Crippen LogP contribution in [0, 0.1) is 0 Å². The van der Waals surface area contributed by atoms with Crippen LogP contribution in [-0.4, -0.2) is 67.5 Å². The first kappa shape index (κ1) is 14.7. The first-order chi connectivity index (χ1) is 9.95. The minimum atomic E-state index is 0.150. The minimum absolute atomic E-state index is 0.150. The van der Waals surface area contributed by atoms with Gasteiger partial charge >= 0.3 is 0 Å². The largest absolute Gasteiger partial charge is 0.354 e. The van der Waals surface area contributed by atoms with E-state index in [1.807, 2.05) is 30.0 Å². The van der Waals surface area contributed by atoms with Crippen LogP contribution in [0.15, 0.2) is 6.07 Å². The van der Waals surface area contributed by atoms with E-state index in [0.717, 1.165) is 39.2 Å². The van der Waals surface area contributed by atoms with Crippen LogP contribution in [0.25, 0.3) is 9.53 Å². The Balaban J connectivity index is 1.83. The van der Waals surface area contributed by atoms with E-state index in [4.69, 9.17) is 0 Å². The van der Waals surface area contributed by atoms with E-state index >= 15 is 0 Å². The number of nitrogens with zero attached hydrogens (tertiary/aromatic N) is 4. The van der Waals surface area contributed by atoms with Crippen LogP contribution in [0.4, 0.5) is 5.13 Å². The summed E-state index contributed by atoms with van der Waals surface area (Å²) in [4.78, 5) is 25.3. The fourth-order valence-electron chi connectivity index (χ4n) is 2.60. The molecule has 1 amide bonds. The van der Waals surface area contributed by atoms with Crippen molar-refractivity contribution in [2.75, 3.05) is 45.7 Å². The molecule has 2 aromatic rings. The lowest BCUT2D eigenvalue weighted by molar-refractivity contribution is 0.0538. The van der Waals surface area contributed by atoms with Gasteiger partial charge in [-0.05, 0) is 20.0 Å². The molecule has 1 fully saturated rings. The van der Waals surface area contributed by atoms with Crippen LogP contribution in [0.3, 0.4) is 0 Å². The Morgan fingerprint density at radius 1 is 1.38 bits per heavy atom. The standard InChI is InChI=1S/C14H20N4OS2/c1-9-8-17(4)5-6-18(9)13(19)11-7-10-12(20-11)15-14(21-10)16(2)3/h7,9H,5-6,8H2,1-4H3. The summed E-state index contributed by atoms with van der Waals surface area (Å²) >= 11 is 3.15. The number of rotatable bonds is 2. The van der Waals surface area contributed by atoms with Crippen LogP contribution in [0.1, 0.15) is 16.6 Å². The quantitative estimate of drug-likeness (QED) is 0.849. The number of aromatic nitrogens is 1. The molecule has 7 heteroatoms. The highest BCUT2D eigenvalue weighted by Crippen LogP contribution is 2.34. The summed E-state index contributed by atoms with van der Waals surface area (Å²) in [6.45, 7) is 4.80. The summed E-state index contributed by atoms with van der Waals surface area (Å²) in [5, 5.41) is 0.989. The lowest BCUT2D eigenvalue weighted by atomic mass is 10.2. The Morgan fingerprint density at radius 2 is 2.14 bits per heavy atom. The average Bonchev–Trinajstić information content (AvgIpc) is 2.95. The maximum Gasteiger partial charge on any atom is 0.264 e. The van der Waals surface area contributed by atoms with Gasteiger partial charge in [-0.25, -0.2) is 4.98 Å². The van der Waals surface area contributed by atoms with Gasteiger partial charge in [0.25, 0.3) is 5.91 Å². The number of thiazole rings is 1. The molecule has 0 spiro atoms. The number of hydrogen-bond acceptors (Lipinski definition) is 6. The fraction of sp³-hybridized carbons (Fsp3) is 0.571. The lowest BCUT2D eigenvalue weighted by Gasteiger charge is -2.37. The second-order valence-corrected chi connectivity index (χ2v) is 7.82. The first-order valence-electron chi connectivity index (χ1n) is 7.03. The SMILES string of the molecule is CC1CN(C)CCN1C(=O)c1cc2sc(N(C)C)nc2s1. The third-order valence-electron chi connectivity index (χ3n) is 3.76. The molecule has 114 valence electrons. The summed E-state index contributed by atoms with van der Waals surface area (Å²) in [6, 6.07) is 2.26. The molecular weight excluding hydrogens is 304 g/mol. The Morgan fingerprint density at radius 3 is 2.76 bits per heavy atom. The van der Waals surface area contributed by atoms with E-state index < -0.39 is 0 Å². The van der Waals surface area contributed by atoms with E-state index in [1.54, 1.807) is 11.3 Å². The zero-order valence-electron chi connectivity index (χ0n) is 12.8. The highest BCUT2D eigenvalue weighted by Gasteiger charge is 2.28. The van der Waals surface area contributed by atoms with Gasteiger partial charge in [-0.15, -0.1) is 11.3 Å². The van der Waals surface area contributed by atoms with E-state index in [1.165, 1.54) is 11.3 Å². The Bertz CT molecular complexity index is 632. The summed E-state index contributed by atoms with van der Waals surface area (Å²) in [5.74, 6) is 0.150. The second kappa shape index (κ2) is 5.55. The second-order valence-electron chi connectivity index (χ2n) is 5.78. The maximum absolute atomic E-state index is 12.7. The third kappa shape index (κ3) is 2.77. The number of amides is 1. The van der Waals surface area contributed by atoms with E-state index in [9.17, 15) is 4.79 Å². The number of anilines is 1. The minimum Gasteiger partial charge on any atom is -0.354 e. The molecule has 5 nitrogen and oxygen atoms in total. The molecule has 1 saturated heterocycles. The highest BCUT2D eigenvalue weighted by molar-refractivity contribution is 7.29. The van der Waals surface area contributed by atoms with Crippen LogP contribution in [-0.2, 0) is 0 Å². The number of hydrogen-bond donors (Lipinski definition) is 0. The molecule has 0 aliphatic carbocycles. The zero-order valence-corrected chi connectivity index (χ0v) is 14.4. The van der Waals surface area contributed by atoms with Crippen molar-refractivity contribution in [3.05, 3.63) is 10.9 Å². The molecule has 3 heterocycles. The normalized spacial score (nSPS) is 20.2. The van der Waals surface area contributed by atoms with Gasteiger partial charge in [-0.1, -0.05) is 11.3 Å². The third-order valence-corrected chi connectivity index (χ3v) is 6.08. The van der Waals surface area contributed by atoms with E-state index in [0.29, 0.717) is 0 Å². The molecule has 0 radical (unpaired) electrons. The Hall–Kier alpha value is -1.18. The van der Waals surface area contributed by atoms with Crippen LogP contribution < -0.4 is 4.90 Å². The molecule has 2 aromatic heterocycles. The topological polar surface area (TPSA) is 39.7 Å². The van der Waals surface area contributed by atoms with Gasteiger partial charge in [0.1, 0.15) is 4.83 Å². The van der Waals surface area contributed by atoms with Crippen molar-refractivity contribution < 1.29 is 4.79 Å². The van der Waals surface area contributed by atoms with Gasteiger partial charge in [0, 0.05) is 39.8 Å². The summed E-state index contributed by atoms with van der Waals surface area (Å²) < 4.78 is 1.11. The van der Waals surface area contributed by atoms with Gasteiger partial charge in [-0.2, -0.15) is 0 Å². The van der Waals surface area contributed by atoms with Crippen LogP contribution >= 0.6 is 22.7 Å². The van der Waals surface area contributed by atoms with Crippen molar-refractivity contribution in [3.8, 4) is 0 Å². The Labute approximate surface area is 132 Å². The van der Waals surface area contributed by atoms with Crippen LogP contribution in [0.5, 0.6) is 0 Å². The number of carbonyl (C=O) groups excluding carboxylic acids is 1. The molecular formula is C14H20N4OS2. The molecule has 1 atom stereocenters.